The molecular weight excluding hydrogens is 478 g/mol. The Morgan fingerprint density at radius 3 is 2.45 bits per heavy atom. The maximum absolute atomic E-state index is 13.6. The van der Waals surface area contributed by atoms with Crippen LogP contribution in [-0.4, -0.2) is 87.9 Å². The second-order valence-corrected chi connectivity index (χ2v) is 10.7. The van der Waals surface area contributed by atoms with Gasteiger partial charge in [0.25, 0.3) is 5.56 Å². The Bertz CT molecular complexity index is 1460. The normalized spacial score (nSPS) is 18.7. The van der Waals surface area contributed by atoms with Gasteiger partial charge in [-0.15, -0.1) is 0 Å². The van der Waals surface area contributed by atoms with E-state index in [0.29, 0.717) is 24.6 Å². The third kappa shape index (κ3) is 4.88. The van der Waals surface area contributed by atoms with Crippen molar-refractivity contribution < 1.29 is 4.74 Å². The Morgan fingerprint density at radius 2 is 1.79 bits per heavy atom. The topological polar surface area (TPSA) is 71.1 Å². The molecule has 4 aromatic rings. The minimum absolute atomic E-state index is 0.00601. The molecule has 0 unspecified atom stereocenters. The molecule has 0 saturated carbocycles. The highest BCUT2D eigenvalue weighted by Gasteiger charge is 2.32. The number of piperazine rings is 1. The van der Waals surface area contributed by atoms with Gasteiger partial charge in [-0.05, 0) is 64.7 Å². The molecule has 1 aliphatic rings. The van der Waals surface area contributed by atoms with E-state index in [0.717, 1.165) is 65.8 Å². The van der Waals surface area contributed by atoms with Gasteiger partial charge in [-0.1, -0.05) is 13.0 Å². The van der Waals surface area contributed by atoms with Crippen LogP contribution in [0.3, 0.4) is 0 Å². The van der Waals surface area contributed by atoms with Gasteiger partial charge in [0.2, 0.25) is 5.88 Å². The first kappa shape index (κ1) is 26.2. The summed E-state index contributed by atoms with van der Waals surface area (Å²) in [7, 11) is 5.93. The number of aryl methyl sites for hydroxylation is 1. The number of likely N-dealkylation sites (N-methyl/N-ethyl adjacent to an activating group) is 1. The van der Waals surface area contributed by atoms with Crippen molar-refractivity contribution in [1.82, 2.24) is 29.0 Å². The summed E-state index contributed by atoms with van der Waals surface area (Å²) in [5, 5.41) is 0.958. The molecule has 0 amide bonds. The van der Waals surface area contributed by atoms with E-state index in [1.165, 1.54) is 0 Å². The second-order valence-electron chi connectivity index (χ2n) is 10.7. The smallest absolute Gasteiger partial charge is 0.291 e. The molecule has 9 nitrogen and oxygen atoms in total. The Balaban J connectivity index is 1.51. The molecule has 202 valence electrons. The zero-order valence-electron chi connectivity index (χ0n) is 23.4. The monoisotopic (exact) mass is 517 g/mol. The van der Waals surface area contributed by atoms with Crippen LogP contribution in [0, 0.1) is 0 Å². The van der Waals surface area contributed by atoms with Crippen molar-refractivity contribution in [2.24, 2.45) is 7.05 Å². The quantitative estimate of drug-likeness (QED) is 0.331. The van der Waals surface area contributed by atoms with Crippen LogP contribution in [0.25, 0.3) is 27.5 Å². The molecule has 1 saturated heterocycles. The number of ether oxygens (including phenoxy) is 1. The number of hydrogen-bond donors (Lipinski definition) is 0. The average Bonchev–Trinajstić information content (AvgIpc) is 3.16. The standard InChI is InChI=1S/C29H39N7O2/c1-7-35-20(2)17-34(18-21(35)3)28-27-24-15-22(9-11-25(24)31-19-36(27)33(6)29(28)37)23-10-12-26(30-16-23)38-14-8-13-32(4)5/h9-12,15-16,19-21H,7-8,13-14,17-18H2,1-6H3/t20-,21+. The van der Waals surface area contributed by atoms with Crippen LogP contribution in [0.15, 0.2) is 47.7 Å². The fourth-order valence-electron chi connectivity index (χ4n) is 5.77. The van der Waals surface area contributed by atoms with Gasteiger partial charge in [-0.2, -0.15) is 0 Å². The first-order valence-electron chi connectivity index (χ1n) is 13.5. The van der Waals surface area contributed by atoms with Crippen LogP contribution in [-0.2, 0) is 7.05 Å². The van der Waals surface area contributed by atoms with Crippen molar-refractivity contribution in [2.45, 2.75) is 39.3 Å². The zero-order valence-corrected chi connectivity index (χ0v) is 23.4. The van der Waals surface area contributed by atoms with E-state index >= 15 is 0 Å². The third-order valence-electron chi connectivity index (χ3n) is 7.68. The van der Waals surface area contributed by atoms with Gasteiger partial charge in [0, 0.05) is 62.0 Å². The highest BCUT2D eigenvalue weighted by molar-refractivity contribution is 6.02. The van der Waals surface area contributed by atoms with Gasteiger partial charge in [-0.3, -0.25) is 9.69 Å². The van der Waals surface area contributed by atoms with Gasteiger partial charge in [0.05, 0.1) is 12.1 Å². The van der Waals surface area contributed by atoms with Crippen LogP contribution in [0.2, 0.25) is 0 Å². The molecule has 3 aromatic heterocycles. The average molecular weight is 518 g/mol. The molecule has 0 N–H and O–H groups in total. The molecule has 38 heavy (non-hydrogen) atoms. The molecular formula is C29H39N7O2. The number of nitrogens with zero attached hydrogens (tertiary/aromatic N) is 7. The molecule has 5 rings (SSSR count). The highest BCUT2D eigenvalue weighted by atomic mass is 16.5. The number of pyridine rings is 1. The van der Waals surface area contributed by atoms with Crippen molar-refractivity contribution in [3.05, 3.63) is 53.2 Å². The first-order valence-corrected chi connectivity index (χ1v) is 13.5. The molecule has 0 spiro atoms. The van der Waals surface area contributed by atoms with E-state index in [2.05, 4.69) is 71.7 Å². The zero-order chi connectivity index (χ0) is 27.0. The van der Waals surface area contributed by atoms with Crippen molar-refractivity contribution in [1.29, 1.82) is 0 Å². The van der Waals surface area contributed by atoms with E-state index < -0.39 is 0 Å². The van der Waals surface area contributed by atoms with Crippen molar-refractivity contribution >= 4 is 22.1 Å². The highest BCUT2D eigenvalue weighted by Crippen LogP contribution is 2.32. The first-order chi connectivity index (χ1) is 18.3. The lowest BCUT2D eigenvalue weighted by Gasteiger charge is -2.44. The van der Waals surface area contributed by atoms with E-state index in [4.69, 9.17) is 4.74 Å². The van der Waals surface area contributed by atoms with Gasteiger partial charge in [-0.25, -0.2) is 19.2 Å². The maximum atomic E-state index is 13.6. The lowest BCUT2D eigenvalue weighted by Crippen LogP contribution is -2.57. The Hall–Kier alpha value is -3.43. The Morgan fingerprint density at radius 1 is 1.05 bits per heavy atom. The molecule has 1 aliphatic heterocycles. The van der Waals surface area contributed by atoms with E-state index in [1.54, 1.807) is 11.0 Å². The van der Waals surface area contributed by atoms with Gasteiger partial charge in [0.1, 0.15) is 17.5 Å². The molecule has 1 aromatic carbocycles. The molecule has 0 radical (unpaired) electrons. The molecule has 1 fully saturated rings. The number of rotatable bonds is 8. The molecule has 4 heterocycles. The summed E-state index contributed by atoms with van der Waals surface area (Å²) < 4.78 is 9.35. The van der Waals surface area contributed by atoms with Gasteiger partial charge >= 0.3 is 0 Å². The van der Waals surface area contributed by atoms with E-state index in [9.17, 15) is 4.79 Å². The summed E-state index contributed by atoms with van der Waals surface area (Å²) in [6.07, 6.45) is 4.55. The minimum Gasteiger partial charge on any atom is -0.478 e. The van der Waals surface area contributed by atoms with Crippen LogP contribution in [0.1, 0.15) is 27.2 Å². The van der Waals surface area contributed by atoms with Crippen LogP contribution in [0.5, 0.6) is 5.88 Å². The second kappa shape index (κ2) is 10.7. The van der Waals surface area contributed by atoms with Crippen LogP contribution < -0.4 is 15.2 Å². The summed E-state index contributed by atoms with van der Waals surface area (Å²) in [6, 6.07) is 10.9. The Labute approximate surface area is 224 Å². The lowest BCUT2D eigenvalue weighted by molar-refractivity contribution is 0.140. The lowest BCUT2D eigenvalue weighted by atomic mass is 10.0. The van der Waals surface area contributed by atoms with Gasteiger partial charge in [0.15, 0.2) is 0 Å². The van der Waals surface area contributed by atoms with Crippen LogP contribution in [0.4, 0.5) is 5.69 Å². The maximum Gasteiger partial charge on any atom is 0.291 e. The predicted molar refractivity (Wildman–Crippen MR) is 153 cm³/mol. The van der Waals surface area contributed by atoms with Crippen molar-refractivity contribution in [2.75, 3.05) is 51.8 Å². The number of anilines is 1. The fraction of sp³-hybridized carbons (Fsp3) is 0.483. The van der Waals surface area contributed by atoms with Crippen molar-refractivity contribution in [3.8, 4) is 17.0 Å². The van der Waals surface area contributed by atoms with E-state index in [1.807, 2.05) is 36.0 Å². The predicted octanol–water partition coefficient (Wildman–Crippen LogP) is 3.50. The molecule has 0 bridgehead atoms. The number of fused-ring (bicyclic) bond motifs is 3. The summed E-state index contributed by atoms with van der Waals surface area (Å²) in [5.74, 6) is 0.628. The Kier molecular flexibility index (Phi) is 7.40. The molecule has 9 heteroatoms. The van der Waals surface area contributed by atoms with Crippen molar-refractivity contribution in [3.63, 3.8) is 0 Å². The number of benzene rings is 1. The summed E-state index contributed by atoms with van der Waals surface area (Å²) >= 11 is 0. The fourth-order valence-corrected chi connectivity index (χ4v) is 5.77. The molecule has 0 aliphatic carbocycles. The van der Waals surface area contributed by atoms with E-state index in [-0.39, 0.29) is 5.56 Å². The summed E-state index contributed by atoms with van der Waals surface area (Å²) in [5.41, 5.74) is 4.55. The van der Waals surface area contributed by atoms with Crippen LogP contribution >= 0.6 is 0 Å². The summed E-state index contributed by atoms with van der Waals surface area (Å²) in [6.45, 7) is 11.0. The van der Waals surface area contributed by atoms with Gasteiger partial charge < -0.3 is 14.5 Å². The number of hydrogen-bond acceptors (Lipinski definition) is 7. The summed E-state index contributed by atoms with van der Waals surface area (Å²) in [4.78, 5) is 29.7. The molecule has 2 atom stereocenters. The SMILES string of the molecule is CCN1[C@H](C)CN(c2c(=O)n(C)n3cnc4ccc(-c5ccc(OCCCN(C)C)nc5)cc4c23)C[C@@H]1C. The largest absolute Gasteiger partial charge is 0.478 e. The minimum atomic E-state index is 0.00601. The number of aromatic nitrogens is 4. The third-order valence-corrected chi connectivity index (χ3v) is 7.68.